The van der Waals surface area contributed by atoms with Crippen LogP contribution in [-0.4, -0.2) is 32.6 Å². The number of aliphatic hydroxyl groups excluding tert-OH is 1. The summed E-state index contributed by atoms with van der Waals surface area (Å²) in [4.78, 5) is 3.88. The maximum absolute atomic E-state index is 13.2. The number of benzene rings is 1. The first kappa shape index (κ1) is 16.2. The molecule has 0 aliphatic heterocycles. The lowest BCUT2D eigenvalue weighted by atomic mass is 9.81. The maximum Gasteiger partial charge on any atom is 0.137 e. The van der Waals surface area contributed by atoms with Crippen molar-refractivity contribution in [1.82, 2.24) is 14.8 Å². The van der Waals surface area contributed by atoms with Crippen LogP contribution < -0.4 is 0 Å². The van der Waals surface area contributed by atoms with E-state index in [1.54, 1.807) is 32.0 Å². The van der Waals surface area contributed by atoms with Crippen LogP contribution in [0.5, 0.6) is 0 Å². The van der Waals surface area contributed by atoms with Crippen LogP contribution >= 0.6 is 23.2 Å². The monoisotopic (exact) mass is 331 g/mol. The number of rotatable bonds is 5. The van der Waals surface area contributed by atoms with Gasteiger partial charge in [0, 0.05) is 15.5 Å². The zero-order valence-electron chi connectivity index (χ0n) is 11.7. The Kier molecular flexibility index (Phi) is 4.86. The van der Waals surface area contributed by atoms with Crippen LogP contribution in [0.1, 0.15) is 25.5 Å². The Labute approximate surface area is 132 Å². The van der Waals surface area contributed by atoms with Crippen molar-refractivity contribution >= 4 is 23.2 Å². The van der Waals surface area contributed by atoms with Crippen LogP contribution in [0.2, 0.25) is 10.0 Å². The molecule has 1 N–H and O–H groups in total. The fourth-order valence-corrected chi connectivity index (χ4v) is 2.59. The molecular weight excluding hydrogens is 316 g/mol. The van der Waals surface area contributed by atoms with Crippen LogP contribution in [0.15, 0.2) is 30.9 Å². The van der Waals surface area contributed by atoms with Crippen molar-refractivity contribution in [3.8, 4) is 0 Å². The number of halogens is 3. The SMILES string of the molecule is CC(C)(CF)C(O)C(c1ccc(Cl)cc1Cl)n1cncn1. The second-order valence-corrected chi connectivity index (χ2v) is 6.40. The van der Waals surface area contributed by atoms with Crippen molar-refractivity contribution in [3.05, 3.63) is 46.5 Å². The number of nitrogens with zero attached hydrogens (tertiary/aromatic N) is 3. The number of hydrogen-bond donors (Lipinski definition) is 1. The summed E-state index contributed by atoms with van der Waals surface area (Å²) in [6.07, 6.45) is 1.78. The van der Waals surface area contributed by atoms with Crippen LogP contribution in [0.3, 0.4) is 0 Å². The topological polar surface area (TPSA) is 50.9 Å². The van der Waals surface area contributed by atoms with E-state index in [1.165, 1.54) is 17.3 Å². The average Bonchev–Trinajstić information content (AvgIpc) is 2.95. The number of aliphatic hydroxyl groups is 1. The largest absolute Gasteiger partial charge is 0.390 e. The standard InChI is InChI=1S/C14H16Cl2FN3O/c1-14(2,6-17)13(21)12(20-8-18-7-19-20)10-4-3-9(15)5-11(10)16/h3-5,7-8,12-13,21H,6H2,1-2H3. The molecule has 0 radical (unpaired) electrons. The molecule has 0 spiro atoms. The lowest BCUT2D eigenvalue weighted by molar-refractivity contribution is 0.000827. The third-order valence-electron chi connectivity index (χ3n) is 3.45. The summed E-state index contributed by atoms with van der Waals surface area (Å²) in [5.41, 5.74) is -0.347. The van der Waals surface area contributed by atoms with Gasteiger partial charge in [0.2, 0.25) is 0 Å². The summed E-state index contributed by atoms with van der Waals surface area (Å²) in [6.45, 7) is 2.61. The van der Waals surface area contributed by atoms with E-state index in [0.717, 1.165) is 0 Å². The quantitative estimate of drug-likeness (QED) is 0.911. The highest BCUT2D eigenvalue weighted by Crippen LogP contribution is 2.37. The Morgan fingerprint density at radius 1 is 1.38 bits per heavy atom. The molecule has 4 nitrogen and oxygen atoms in total. The molecule has 1 aromatic carbocycles. The van der Waals surface area contributed by atoms with Gasteiger partial charge < -0.3 is 5.11 Å². The molecule has 1 aromatic heterocycles. The first-order valence-corrected chi connectivity index (χ1v) is 7.15. The molecule has 2 unspecified atom stereocenters. The van der Waals surface area contributed by atoms with Gasteiger partial charge in [-0.05, 0) is 17.7 Å². The van der Waals surface area contributed by atoms with Gasteiger partial charge >= 0.3 is 0 Å². The van der Waals surface area contributed by atoms with Gasteiger partial charge in [-0.1, -0.05) is 43.1 Å². The highest BCUT2D eigenvalue weighted by atomic mass is 35.5. The predicted octanol–water partition coefficient (Wildman–Crippen LogP) is 3.53. The summed E-state index contributed by atoms with van der Waals surface area (Å²) in [5.74, 6) is 0. The minimum Gasteiger partial charge on any atom is -0.390 e. The van der Waals surface area contributed by atoms with Crippen molar-refractivity contribution < 1.29 is 9.50 Å². The number of alkyl halides is 1. The molecule has 2 aromatic rings. The number of aromatic nitrogens is 3. The van der Waals surface area contributed by atoms with Crippen molar-refractivity contribution in [2.24, 2.45) is 5.41 Å². The van der Waals surface area contributed by atoms with E-state index in [1.807, 2.05) is 0 Å². The molecule has 0 saturated heterocycles. The first-order valence-electron chi connectivity index (χ1n) is 6.40. The fourth-order valence-electron chi connectivity index (χ4n) is 2.07. The van der Waals surface area contributed by atoms with Crippen LogP contribution in [0.25, 0.3) is 0 Å². The summed E-state index contributed by atoms with van der Waals surface area (Å²) < 4.78 is 14.7. The average molecular weight is 332 g/mol. The third-order valence-corrected chi connectivity index (χ3v) is 4.01. The zero-order chi connectivity index (χ0) is 15.6. The molecule has 0 aliphatic rings. The van der Waals surface area contributed by atoms with E-state index in [2.05, 4.69) is 10.1 Å². The summed E-state index contributed by atoms with van der Waals surface area (Å²) in [5, 5.41) is 15.6. The van der Waals surface area contributed by atoms with Gasteiger partial charge in [-0.15, -0.1) is 0 Å². The lowest BCUT2D eigenvalue weighted by Crippen LogP contribution is -2.39. The first-order chi connectivity index (χ1) is 9.86. The smallest absolute Gasteiger partial charge is 0.137 e. The Bertz CT molecular complexity index is 604. The normalized spacial score (nSPS) is 15.0. The molecule has 7 heteroatoms. The maximum atomic E-state index is 13.2. The fraction of sp³-hybridized carbons (Fsp3) is 0.429. The molecule has 1 heterocycles. The van der Waals surface area contributed by atoms with Gasteiger partial charge in [0.25, 0.3) is 0 Å². The second kappa shape index (κ2) is 6.30. The lowest BCUT2D eigenvalue weighted by Gasteiger charge is -2.34. The Morgan fingerprint density at radius 2 is 2.10 bits per heavy atom. The van der Waals surface area contributed by atoms with Crippen molar-refractivity contribution in [2.75, 3.05) is 6.67 Å². The van der Waals surface area contributed by atoms with E-state index in [-0.39, 0.29) is 0 Å². The Hall–Kier alpha value is -1.17. The summed E-state index contributed by atoms with van der Waals surface area (Å²) in [7, 11) is 0. The minimum atomic E-state index is -1.04. The van der Waals surface area contributed by atoms with Crippen LogP contribution in [0, 0.1) is 5.41 Å². The third kappa shape index (κ3) is 3.36. The molecule has 0 fully saturated rings. The van der Waals surface area contributed by atoms with Gasteiger partial charge in [-0.3, -0.25) is 4.39 Å². The van der Waals surface area contributed by atoms with E-state index in [0.29, 0.717) is 15.6 Å². The molecule has 2 atom stereocenters. The zero-order valence-corrected chi connectivity index (χ0v) is 13.2. The van der Waals surface area contributed by atoms with Crippen molar-refractivity contribution in [2.45, 2.75) is 26.0 Å². The van der Waals surface area contributed by atoms with Crippen LogP contribution in [-0.2, 0) is 0 Å². The molecule has 21 heavy (non-hydrogen) atoms. The molecule has 0 aliphatic carbocycles. The van der Waals surface area contributed by atoms with Gasteiger partial charge in [-0.25, -0.2) is 9.67 Å². The highest BCUT2D eigenvalue weighted by molar-refractivity contribution is 6.35. The second-order valence-electron chi connectivity index (χ2n) is 5.55. The highest BCUT2D eigenvalue weighted by Gasteiger charge is 2.37. The summed E-state index contributed by atoms with van der Waals surface area (Å²) >= 11 is 12.1. The van der Waals surface area contributed by atoms with Crippen LogP contribution in [0.4, 0.5) is 4.39 Å². The van der Waals surface area contributed by atoms with E-state index >= 15 is 0 Å². The van der Waals surface area contributed by atoms with E-state index < -0.39 is 24.2 Å². The Morgan fingerprint density at radius 3 is 2.62 bits per heavy atom. The van der Waals surface area contributed by atoms with E-state index in [9.17, 15) is 9.50 Å². The molecule has 0 saturated carbocycles. The minimum absolute atomic E-state index is 0.386. The van der Waals surface area contributed by atoms with Gasteiger partial charge in [0.15, 0.2) is 0 Å². The molecule has 2 rings (SSSR count). The predicted molar refractivity (Wildman–Crippen MR) is 80.4 cm³/mol. The van der Waals surface area contributed by atoms with Gasteiger partial charge in [0.1, 0.15) is 18.7 Å². The molecule has 0 amide bonds. The van der Waals surface area contributed by atoms with Gasteiger partial charge in [0.05, 0.1) is 12.8 Å². The van der Waals surface area contributed by atoms with Crippen molar-refractivity contribution in [3.63, 3.8) is 0 Å². The van der Waals surface area contributed by atoms with E-state index in [4.69, 9.17) is 23.2 Å². The molecule has 0 bridgehead atoms. The summed E-state index contributed by atoms with van der Waals surface area (Å²) in [6, 6.07) is 4.30. The molecular formula is C14H16Cl2FN3O. The number of hydrogen-bond acceptors (Lipinski definition) is 3. The van der Waals surface area contributed by atoms with Gasteiger partial charge in [-0.2, -0.15) is 5.10 Å². The Balaban J connectivity index is 2.52. The molecule has 114 valence electrons. The van der Waals surface area contributed by atoms with Crippen molar-refractivity contribution in [1.29, 1.82) is 0 Å².